The van der Waals surface area contributed by atoms with Gasteiger partial charge >= 0.3 is 0 Å². The van der Waals surface area contributed by atoms with Crippen molar-refractivity contribution in [2.24, 2.45) is 0 Å². The van der Waals surface area contributed by atoms with Gasteiger partial charge in [-0.3, -0.25) is 4.79 Å². The van der Waals surface area contributed by atoms with Gasteiger partial charge in [0, 0.05) is 44.6 Å². The molecule has 1 N–H and O–H groups in total. The van der Waals surface area contributed by atoms with Crippen molar-refractivity contribution in [1.82, 2.24) is 24.8 Å². The molecule has 0 radical (unpaired) electrons. The average molecular weight is 547 g/mol. The predicted octanol–water partition coefficient (Wildman–Crippen LogP) is 4.66. The second-order valence-electron chi connectivity index (χ2n) is 9.47. The molecule has 1 saturated heterocycles. The second kappa shape index (κ2) is 11.8. The van der Waals surface area contributed by atoms with Gasteiger partial charge in [-0.05, 0) is 61.2 Å². The van der Waals surface area contributed by atoms with Crippen molar-refractivity contribution in [2.75, 3.05) is 48.3 Å². The largest absolute Gasteiger partial charge is 0.456 e. The minimum Gasteiger partial charge on any atom is -0.456 e. The number of hydrogen-bond acceptors (Lipinski definition) is 9. The fourth-order valence-corrected chi connectivity index (χ4v) is 4.60. The van der Waals surface area contributed by atoms with Crippen LogP contribution in [0.1, 0.15) is 11.1 Å². The van der Waals surface area contributed by atoms with Crippen molar-refractivity contribution in [1.29, 1.82) is 0 Å². The molecule has 5 rings (SSSR count). The van der Waals surface area contributed by atoms with Crippen LogP contribution < -0.4 is 19.9 Å². The molecule has 0 bridgehead atoms. The zero-order valence-electron chi connectivity index (χ0n) is 23.0. The number of amides is 1. The molecule has 0 unspecified atom stereocenters. The Morgan fingerprint density at radius 1 is 1.12 bits per heavy atom. The minimum absolute atomic E-state index is 0.0731. The molecule has 206 valence electrons. The van der Waals surface area contributed by atoms with E-state index in [1.54, 1.807) is 17.3 Å². The van der Waals surface area contributed by atoms with E-state index in [1.807, 2.05) is 60.2 Å². The lowest BCUT2D eigenvalue weighted by molar-refractivity contribution is -0.126. The van der Waals surface area contributed by atoms with Crippen LogP contribution in [0, 0.1) is 19.3 Å². The van der Waals surface area contributed by atoms with Crippen molar-refractivity contribution in [2.45, 2.75) is 6.92 Å². The van der Waals surface area contributed by atoms with Crippen molar-refractivity contribution in [3.8, 4) is 23.8 Å². The highest BCUT2D eigenvalue weighted by Crippen LogP contribution is 2.32. The number of benzene rings is 2. The number of piperazine rings is 1. The molecule has 0 atom stereocenters. The molecule has 3 heterocycles. The van der Waals surface area contributed by atoms with Gasteiger partial charge in [-0.15, -0.1) is 6.42 Å². The molecule has 1 amide bonds. The first-order valence-corrected chi connectivity index (χ1v) is 13.1. The average Bonchev–Trinajstić information content (AvgIpc) is 3.01. The summed E-state index contributed by atoms with van der Waals surface area (Å²) < 4.78 is 6.14. The standard InChI is InChI=1S/C31H30N8O2/c1-6-22-18-23(9-12-27(22)41-24-10-11-26(21(4)17-24)37(5)8-3)35-30-29-25(33-20-34-30)19-32-31(36-29)39-15-13-38(14-16-39)28(40)7-2/h1,7-12,17-20H,2-3,13-16H2,4-5H3,(H,33,34,35). The summed E-state index contributed by atoms with van der Waals surface area (Å²) in [6.45, 7) is 11.8. The molecular weight excluding hydrogens is 516 g/mol. The van der Waals surface area contributed by atoms with E-state index >= 15 is 0 Å². The third kappa shape index (κ3) is 5.79. The lowest BCUT2D eigenvalue weighted by atomic mass is 10.1. The van der Waals surface area contributed by atoms with Gasteiger partial charge in [0.1, 0.15) is 28.9 Å². The van der Waals surface area contributed by atoms with Gasteiger partial charge in [-0.2, -0.15) is 0 Å². The summed E-state index contributed by atoms with van der Waals surface area (Å²) in [4.78, 5) is 35.7. The zero-order chi connectivity index (χ0) is 28.9. The maximum Gasteiger partial charge on any atom is 0.246 e. The summed E-state index contributed by atoms with van der Waals surface area (Å²) in [5, 5.41) is 3.32. The Labute approximate surface area is 239 Å². The number of aromatic nitrogens is 4. The van der Waals surface area contributed by atoms with E-state index in [2.05, 4.69) is 39.3 Å². The third-order valence-electron chi connectivity index (χ3n) is 6.86. The molecule has 1 aliphatic heterocycles. The number of fused-ring (bicyclic) bond motifs is 1. The molecular formula is C31H30N8O2. The van der Waals surface area contributed by atoms with Gasteiger partial charge in [0.15, 0.2) is 5.82 Å². The molecule has 41 heavy (non-hydrogen) atoms. The predicted molar refractivity (Wildman–Crippen MR) is 162 cm³/mol. The van der Waals surface area contributed by atoms with Crippen molar-refractivity contribution in [3.05, 3.63) is 85.5 Å². The number of anilines is 4. The van der Waals surface area contributed by atoms with Crippen LogP contribution in [0.2, 0.25) is 0 Å². The molecule has 2 aromatic heterocycles. The van der Waals surface area contributed by atoms with Crippen LogP contribution in [-0.4, -0.2) is 64.0 Å². The highest BCUT2D eigenvalue weighted by molar-refractivity contribution is 5.88. The van der Waals surface area contributed by atoms with E-state index in [1.165, 1.54) is 12.4 Å². The Hall–Kier alpha value is -5.43. The van der Waals surface area contributed by atoms with E-state index < -0.39 is 0 Å². The SMILES string of the molecule is C#Cc1cc(Nc2ncnc3cnc(N4CCN(C(=O)C=C)CC4)nc23)ccc1Oc1ccc(N(C)C=C)c(C)c1. The highest BCUT2D eigenvalue weighted by Gasteiger charge is 2.22. The molecule has 0 saturated carbocycles. The van der Waals surface area contributed by atoms with Crippen LogP contribution in [-0.2, 0) is 4.79 Å². The van der Waals surface area contributed by atoms with Crippen LogP contribution >= 0.6 is 0 Å². The monoisotopic (exact) mass is 546 g/mol. The van der Waals surface area contributed by atoms with Gasteiger partial charge in [0.2, 0.25) is 11.9 Å². The van der Waals surface area contributed by atoms with E-state index in [0.29, 0.717) is 66.0 Å². The van der Waals surface area contributed by atoms with E-state index in [0.717, 1.165) is 16.9 Å². The number of nitrogens with zero attached hydrogens (tertiary/aromatic N) is 7. The van der Waals surface area contributed by atoms with Crippen LogP contribution in [0.3, 0.4) is 0 Å². The Kier molecular flexibility index (Phi) is 7.78. The lowest BCUT2D eigenvalue weighted by Crippen LogP contribution is -2.48. The number of hydrogen-bond donors (Lipinski definition) is 1. The number of aryl methyl sites for hydroxylation is 1. The fraction of sp³-hybridized carbons (Fsp3) is 0.194. The molecule has 4 aromatic rings. The van der Waals surface area contributed by atoms with Crippen LogP contribution in [0.25, 0.3) is 11.0 Å². The van der Waals surface area contributed by atoms with E-state index in [-0.39, 0.29) is 5.91 Å². The van der Waals surface area contributed by atoms with E-state index in [9.17, 15) is 4.79 Å². The second-order valence-corrected chi connectivity index (χ2v) is 9.47. The molecule has 1 fully saturated rings. The zero-order valence-corrected chi connectivity index (χ0v) is 23.0. The number of terminal acetylenes is 1. The highest BCUT2D eigenvalue weighted by atomic mass is 16.5. The van der Waals surface area contributed by atoms with Crippen molar-refractivity contribution >= 4 is 40.1 Å². The van der Waals surface area contributed by atoms with Crippen molar-refractivity contribution < 1.29 is 9.53 Å². The summed E-state index contributed by atoms with van der Waals surface area (Å²) in [7, 11) is 1.95. The summed E-state index contributed by atoms with van der Waals surface area (Å²) >= 11 is 0. The number of rotatable bonds is 8. The van der Waals surface area contributed by atoms with Gasteiger partial charge in [0.25, 0.3) is 0 Å². The van der Waals surface area contributed by atoms with E-state index in [4.69, 9.17) is 16.1 Å². The maximum absolute atomic E-state index is 11.9. The van der Waals surface area contributed by atoms with Crippen LogP contribution in [0.4, 0.5) is 23.1 Å². The topological polar surface area (TPSA) is 99.6 Å². The maximum atomic E-state index is 11.9. The number of nitrogens with one attached hydrogen (secondary N) is 1. The Morgan fingerprint density at radius 3 is 2.63 bits per heavy atom. The Balaban J connectivity index is 1.36. The fourth-order valence-electron chi connectivity index (χ4n) is 4.60. The molecule has 10 heteroatoms. The Bertz CT molecular complexity index is 1670. The number of ether oxygens (including phenoxy) is 1. The molecule has 10 nitrogen and oxygen atoms in total. The van der Waals surface area contributed by atoms with Gasteiger partial charge in [-0.1, -0.05) is 19.1 Å². The smallest absolute Gasteiger partial charge is 0.246 e. The summed E-state index contributed by atoms with van der Waals surface area (Å²) in [6, 6.07) is 11.4. The van der Waals surface area contributed by atoms with Gasteiger partial charge in [0.05, 0.1) is 11.8 Å². The summed E-state index contributed by atoms with van der Waals surface area (Å²) in [5.41, 5.74) is 4.57. The summed E-state index contributed by atoms with van der Waals surface area (Å²) in [6.07, 6.45) is 12.1. The van der Waals surface area contributed by atoms with Crippen LogP contribution in [0.15, 0.2) is 74.4 Å². The quantitative estimate of drug-likeness (QED) is 0.250. The summed E-state index contributed by atoms with van der Waals surface area (Å²) in [5.74, 6) is 4.96. The first-order valence-electron chi connectivity index (χ1n) is 13.1. The lowest BCUT2D eigenvalue weighted by Gasteiger charge is -2.34. The molecule has 0 aliphatic carbocycles. The van der Waals surface area contributed by atoms with Gasteiger partial charge in [-0.25, -0.2) is 19.9 Å². The molecule has 0 spiro atoms. The Morgan fingerprint density at radius 2 is 1.93 bits per heavy atom. The minimum atomic E-state index is -0.0731. The molecule has 2 aromatic carbocycles. The normalized spacial score (nSPS) is 12.9. The first kappa shape index (κ1) is 27.1. The van der Waals surface area contributed by atoms with Crippen molar-refractivity contribution in [3.63, 3.8) is 0 Å². The first-order chi connectivity index (χ1) is 19.9. The third-order valence-corrected chi connectivity index (χ3v) is 6.86. The number of carbonyl (C=O) groups excluding carboxylic acids is 1. The van der Waals surface area contributed by atoms with Gasteiger partial charge < -0.3 is 24.8 Å². The number of carbonyl (C=O) groups is 1. The van der Waals surface area contributed by atoms with Crippen LogP contribution in [0.5, 0.6) is 11.5 Å². The molecule has 1 aliphatic rings.